The maximum atomic E-state index is 12.6. The van der Waals surface area contributed by atoms with E-state index in [1.165, 1.54) is 0 Å². The predicted molar refractivity (Wildman–Crippen MR) is 107 cm³/mol. The number of hydroxylamine groups is 1. The first kappa shape index (κ1) is 19.1. The van der Waals surface area contributed by atoms with Crippen LogP contribution in [0.1, 0.15) is 65.2 Å². The third kappa shape index (κ3) is 2.80. The lowest BCUT2D eigenvalue weighted by molar-refractivity contribution is -0.147. The van der Waals surface area contributed by atoms with Crippen LogP contribution in [0.2, 0.25) is 0 Å². The second kappa shape index (κ2) is 6.82. The van der Waals surface area contributed by atoms with Gasteiger partial charge in [-0.1, -0.05) is 19.9 Å². The van der Waals surface area contributed by atoms with Crippen molar-refractivity contribution in [3.05, 3.63) is 11.8 Å². The van der Waals surface area contributed by atoms with Gasteiger partial charge < -0.3 is 10.4 Å². The normalized spacial score (nSPS) is 50.5. The highest BCUT2D eigenvalue weighted by molar-refractivity contribution is 5.87. The van der Waals surface area contributed by atoms with Gasteiger partial charge in [0.05, 0.1) is 12.2 Å². The lowest BCUT2D eigenvalue weighted by Crippen LogP contribution is -2.56. The molecule has 0 aromatic heterocycles. The molecule has 1 heterocycles. The monoisotopic (exact) mass is 388 g/mol. The molecule has 4 fully saturated rings. The first-order valence-corrected chi connectivity index (χ1v) is 11.5. The zero-order chi connectivity index (χ0) is 19.5. The van der Waals surface area contributed by atoms with Crippen molar-refractivity contribution < 1.29 is 14.7 Å². The second-order valence-corrected chi connectivity index (χ2v) is 10.7. The highest BCUT2D eigenvalue weighted by Gasteiger charge is 2.61. The number of fused-ring (bicyclic) bond motifs is 5. The summed E-state index contributed by atoms with van der Waals surface area (Å²) in [7, 11) is 0. The lowest BCUT2D eigenvalue weighted by atomic mass is 9.45. The van der Waals surface area contributed by atoms with Crippen LogP contribution >= 0.6 is 0 Å². The molecule has 5 nitrogen and oxygen atoms in total. The van der Waals surface area contributed by atoms with E-state index in [9.17, 15) is 9.90 Å². The van der Waals surface area contributed by atoms with E-state index in [4.69, 9.17) is 4.84 Å². The average molecular weight is 389 g/mol. The summed E-state index contributed by atoms with van der Waals surface area (Å²) in [6, 6.07) is 0. The molecule has 0 aromatic carbocycles. The van der Waals surface area contributed by atoms with Crippen LogP contribution < -0.4 is 10.8 Å². The van der Waals surface area contributed by atoms with Crippen molar-refractivity contribution in [1.82, 2.24) is 10.8 Å². The summed E-state index contributed by atoms with van der Waals surface area (Å²) in [5.74, 6) is 2.28. The van der Waals surface area contributed by atoms with Crippen LogP contribution in [0.3, 0.4) is 0 Å². The molecule has 156 valence electrons. The van der Waals surface area contributed by atoms with Gasteiger partial charge in [0.25, 0.3) is 0 Å². The molecule has 3 saturated carbocycles. The number of ketones is 1. The molecule has 4 aliphatic carbocycles. The van der Waals surface area contributed by atoms with Gasteiger partial charge in [0.2, 0.25) is 0 Å². The maximum absolute atomic E-state index is 12.6. The number of allylic oxidation sites excluding steroid dienone is 1. The number of rotatable bonds is 3. The Kier molecular flexibility index (Phi) is 4.64. The van der Waals surface area contributed by atoms with Crippen molar-refractivity contribution in [2.45, 2.75) is 77.4 Å². The van der Waals surface area contributed by atoms with Gasteiger partial charge in [-0.2, -0.15) is 0 Å². The minimum Gasteiger partial charge on any atom is -0.392 e. The van der Waals surface area contributed by atoms with Gasteiger partial charge in [0, 0.05) is 30.0 Å². The highest BCUT2D eigenvalue weighted by atomic mass is 16.7. The summed E-state index contributed by atoms with van der Waals surface area (Å²) in [4.78, 5) is 18.5. The Balaban J connectivity index is 1.35. The number of Topliss-reactive ketones (excluding diaryl/α,β-unsaturated/α-hetero) is 1. The summed E-state index contributed by atoms with van der Waals surface area (Å²) in [6.45, 7) is 6.55. The highest BCUT2D eigenvalue weighted by Crippen LogP contribution is 2.64. The zero-order valence-electron chi connectivity index (χ0n) is 17.4. The third-order valence-corrected chi connectivity index (χ3v) is 9.37. The summed E-state index contributed by atoms with van der Waals surface area (Å²) in [5, 5.41) is 14.5. The minimum absolute atomic E-state index is 0.121. The van der Waals surface area contributed by atoms with Crippen molar-refractivity contribution in [3.63, 3.8) is 0 Å². The Bertz CT molecular complexity index is 673. The van der Waals surface area contributed by atoms with E-state index < -0.39 is 0 Å². The smallest absolute Gasteiger partial charge is 0.139 e. The van der Waals surface area contributed by atoms with Gasteiger partial charge in [-0.15, -0.1) is 0 Å². The third-order valence-electron chi connectivity index (χ3n) is 9.37. The first-order chi connectivity index (χ1) is 13.4. The predicted octanol–water partition coefficient (Wildman–Crippen LogP) is 2.95. The number of nitrogens with one attached hydrogen (secondary N) is 2. The Morgan fingerprint density at radius 3 is 2.82 bits per heavy atom. The van der Waals surface area contributed by atoms with Crippen LogP contribution in [-0.4, -0.2) is 36.2 Å². The van der Waals surface area contributed by atoms with Crippen molar-refractivity contribution in [2.24, 2.45) is 34.5 Å². The molecule has 8 atom stereocenters. The molecule has 5 heteroatoms. The van der Waals surface area contributed by atoms with E-state index in [-0.39, 0.29) is 29.0 Å². The molecule has 0 spiro atoms. The molecule has 3 N–H and O–H groups in total. The Hall–Kier alpha value is -0.910. The number of hydrogen-bond acceptors (Lipinski definition) is 5. The standard InChI is InChI=1S/C23H36N2O3/c1-22-8-5-14(25-28-15-7-10-24-13-15)11-19(22)20(26)12-16-17-3-4-21(27)23(17,2)9-6-18(16)22/h11,15-20,24-26H,3-10,12-13H2,1-2H3/t15?,16-,17-,18+,19?,20?,22+,23-/m0/s1. The summed E-state index contributed by atoms with van der Waals surface area (Å²) >= 11 is 0. The lowest BCUT2D eigenvalue weighted by Gasteiger charge is -2.60. The number of carbonyl (C=O) groups excluding carboxylic acids is 1. The van der Waals surface area contributed by atoms with E-state index >= 15 is 0 Å². The quantitative estimate of drug-likeness (QED) is 0.649. The number of aliphatic hydroxyl groups excluding tert-OH is 1. The van der Waals surface area contributed by atoms with Gasteiger partial charge in [0.15, 0.2) is 0 Å². The van der Waals surface area contributed by atoms with E-state index in [1.54, 1.807) is 0 Å². The number of hydrogen-bond donors (Lipinski definition) is 3. The van der Waals surface area contributed by atoms with Crippen LogP contribution in [0.4, 0.5) is 0 Å². The molecule has 1 aliphatic heterocycles. The molecule has 0 amide bonds. The van der Waals surface area contributed by atoms with Crippen LogP contribution in [-0.2, 0) is 9.63 Å². The van der Waals surface area contributed by atoms with Gasteiger partial charge in [-0.25, -0.2) is 0 Å². The maximum Gasteiger partial charge on any atom is 0.139 e. The second-order valence-electron chi connectivity index (χ2n) is 10.7. The zero-order valence-corrected chi connectivity index (χ0v) is 17.4. The number of aliphatic hydroxyl groups is 1. The fraction of sp³-hybridized carbons (Fsp3) is 0.870. The molecule has 0 bridgehead atoms. The molecule has 0 radical (unpaired) electrons. The molecular weight excluding hydrogens is 352 g/mol. The molecule has 0 aromatic rings. The van der Waals surface area contributed by atoms with E-state index in [0.29, 0.717) is 23.5 Å². The summed E-state index contributed by atoms with van der Waals surface area (Å²) in [6.07, 6.45) is 10.2. The van der Waals surface area contributed by atoms with Gasteiger partial charge in [0.1, 0.15) is 5.78 Å². The largest absolute Gasteiger partial charge is 0.392 e. The van der Waals surface area contributed by atoms with Crippen molar-refractivity contribution in [1.29, 1.82) is 0 Å². The Morgan fingerprint density at radius 1 is 1.18 bits per heavy atom. The molecule has 28 heavy (non-hydrogen) atoms. The average Bonchev–Trinajstić information content (AvgIpc) is 3.29. The van der Waals surface area contributed by atoms with Gasteiger partial charge in [-0.05, 0) is 74.7 Å². The topological polar surface area (TPSA) is 70.6 Å². The van der Waals surface area contributed by atoms with Crippen molar-refractivity contribution in [3.8, 4) is 0 Å². The first-order valence-electron chi connectivity index (χ1n) is 11.5. The molecular formula is C23H36N2O3. The molecule has 1 saturated heterocycles. The van der Waals surface area contributed by atoms with Crippen LogP contribution in [0.15, 0.2) is 11.8 Å². The van der Waals surface area contributed by atoms with Gasteiger partial charge >= 0.3 is 0 Å². The molecule has 5 rings (SSSR count). The van der Waals surface area contributed by atoms with Gasteiger partial charge in [-0.3, -0.25) is 15.1 Å². The van der Waals surface area contributed by atoms with Crippen LogP contribution in [0.5, 0.6) is 0 Å². The molecule has 5 aliphatic rings. The fourth-order valence-corrected chi connectivity index (χ4v) is 7.65. The molecule has 3 unspecified atom stereocenters. The summed E-state index contributed by atoms with van der Waals surface area (Å²) < 4.78 is 0. The SMILES string of the molecule is C[C@]12CCC(NOC3CCNC3)=CC1C(O)C[C@@H]1[C@H]2CC[C@]2(C)C(=O)CC[C@@H]12. The van der Waals surface area contributed by atoms with E-state index in [2.05, 4.69) is 30.7 Å². The van der Waals surface area contributed by atoms with Crippen molar-refractivity contribution in [2.75, 3.05) is 13.1 Å². The van der Waals surface area contributed by atoms with Crippen LogP contribution in [0.25, 0.3) is 0 Å². The minimum atomic E-state index is -0.311. The van der Waals surface area contributed by atoms with E-state index in [0.717, 1.165) is 70.2 Å². The Morgan fingerprint density at radius 2 is 2.04 bits per heavy atom. The van der Waals surface area contributed by atoms with Crippen LogP contribution in [0, 0.1) is 34.5 Å². The van der Waals surface area contributed by atoms with Crippen molar-refractivity contribution >= 4 is 5.78 Å². The Labute approximate surface area is 168 Å². The summed E-state index contributed by atoms with van der Waals surface area (Å²) in [5.41, 5.74) is 4.38. The van der Waals surface area contributed by atoms with E-state index in [1.807, 2.05) is 0 Å². The fourth-order valence-electron chi connectivity index (χ4n) is 7.65. The number of carbonyl (C=O) groups is 1.